The Bertz CT molecular complexity index is 268. The van der Waals surface area contributed by atoms with Crippen LogP contribution >= 0.6 is 0 Å². The van der Waals surface area contributed by atoms with E-state index in [0.717, 1.165) is 6.42 Å². The van der Waals surface area contributed by atoms with Gasteiger partial charge in [0, 0.05) is 0 Å². The van der Waals surface area contributed by atoms with E-state index in [1.807, 2.05) is 13.8 Å². The van der Waals surface area contributed by atoms with Crippen molar-refractivity contribution in [2.24, 2.45) is 0 Å². The van der Waals surface area contributed by atoms with Crippen molar-refractivity contribution < 1.29 is 4.39 Å². The van der Waals surface area contributed by atoms with E-state index in [2.05, 4.69) is 0 Å². The minimum absolute atomic E-state index is 0.218. The highest BCUT2D eigenvalue weighted by Crippen LogP contribution is 2.25. The molecule has 1 unspecified atom stereocenters. The lowest BCUT2D eigenvalue weighted by molar-refractivity contribution is 0.556. The van der Waals surface area contributed by atoms with E-state index >= 15 is 0 Å². The zero-order chi connectivity index (χ0) is 9.19. The molecule has 0 aliphatic carbocycles. The third kappa shape index (κ3) is 1.68. The topological polar surface area (TPSA) is 0 Å². The van der Waals surface area contributed by atoms with Crippen molar-refractivity contribution in [1.82, 2.24) is 0 Å². The average Bonchev–Trinajstić information content (AvgIpc) is 2.05. The van der Waals surface area contributed by atoms with E-state index in [0.29, 0.717) is 5.56 Å². The van der Waals surface area contributed by atoms with Gasteiger partial charge in [0.2, 0.25) is 0 Å². The molecule has 2 radical (unpaired) electrons. The summed E-state index contributed by atoms with van der Waals surface area (Å²) < 4.78 is 13.2. The zero-order valence-electron chi connectivity index (χ0n) is 7.47. The van der Waals surface area contributed by atoms with Crippen molar-refractivity contribution in [3.8, 4) is 0 Å². The Morgan fingerprint density at radius 3 is 2.50 bits per heavy atom. The summed E-state index contributed by atoms with van der Waals surface area (Å²) in [5.41, 5.74) is 0.590. The van der Waals surface area contributed by atoms with Crippen LogP contribution in [0, 0.1) is 5.82 Å². The molecule has 0 nitrogen and oxygen atoms in total. The Morgan fingerprint density at radius 2 is 2.00 bits per heavy atom. The van der Waals surface area contributed by atoms with Crippen LogP contribution in [0.15, 0.2) is 24.3 Å². The first-order valence-corrected chi connectivity index (χ1v) is 4.12. The van der Waals surface area contributed by atoms with Gasteiger partial charge in [0.1, 0.15) is 5.82 Å². The molecule has 1 aromatic rings. The van der Waals surface area contributed by atoms with Crippen LogP contribution in [-0.4, -0.2) is 7.85 Å². The van der Waals surface area contributed by atoms with Crippen LogP contribution in [0.3, 0.4) is 0 Å². The maximum absolute atomic E-state index is 13.2. The molecule has 1 rings (SSSR count). The molecule has 62 valence electrons. The molecule has 0 aromatic heterocycles. The first kappa shape index (κ1) is 9.30. The van der Waals surface area contributed by atoms with Crippen LogP contribution in [0.4, 0.5) is 4.39 Å². The summed E-state index contributed by atoms with van der Waals surface area (Å²) in [6.45, 7) is 3.79. The lowest BCUT2D eigenvalue weighted by Crippen LogP contribution is -2.22. The van der Waals surface area contributed by atoms with Gasteiger partial charge >= 0.3 is 0 Å². The smallest absolute Gasteiger partial charge is 0.126 e. The maximum atomic E-state index is 13.2. The third-order valence-corrected chi connectivity index (χ3v) is 2.22. The van der Waals surface area contributed by atoms with Gasteiger partial charge in [-0.05, 0) is 16.9 Å². The Hall–Kier alpha value is -0.785. The summed E-state index contributed by atoms with van der Waals surface area (Å²) >= 11 is 0. The van der Waals surface area contributed by atoms with Gasteiger partial charge in [-0.15, -0.1) is 0 Å². The van der Waals surface area contributed by atoms with Crippen molar-refractivity contribution in [2.45, 2.75) is 25.6 Å². The summed E-state index contributed by atoms with van der Waals surface area (Å²) in [5, 5.41) is -0.550. The Morgan fingerprint density at radius 1 is 1.42 bits per heavy atom. The van der Waals surface area contributed by atoms with Crippen molar-refractivity contribution in [3.05, 3.63) is 35.6 Å². The van der Waals surface area contributed by atoms with E-state index < -0.39 is 5.31 Å². The molecule has 0 aliphatic heterocycles. The van der Waals surface area contributed by atoms with Gasteiger partial charge in [0.25, 0.3) is 0 Å². The second-order valence-electron chi connectivity index (χ2n) is 3.25. The molecule has 1 aromatic carbocycles. The Kier molecular flexibility index (Phi) is 2.56. The standard InChI is InChI=1S/C10H12BF/c1-3-10(2,11)8-6-4-5-7-9(8)12/h4-7H,3H2,1-2H3. The van der Waals surface area contributed by atoms with Gasteiger partial charge in [-0.2, -0.15) is 0 Å². The van der Waals surface area contributed by atoms with Crippen molar-refractivity contribution in [1.29, 1.82) is 0 Å². The van der Waals surface area contributed by atoms with Crippen molar-refractivity contribution in [3.63, 3.8) is 0 Å². The molecule has 0 saturated heterocycles. The van der Waals surface area contributed by atoms with Crippen LogP contribution < -0.4 is 0 Å². The molecule has 0 fully saturated rings. The quantitative estimate of drug-likeness (QED) is 0.586. The number of rotatable bonds is 2. The highest BCUT2D eigenvalue weighted by molar-refractivity contribution is 6.15. The summed E-state index contributed by atoms with van der Waals surface area (Å²) in [6.07, 6.45) is 0.730. The fourth-order valence-corrected chi connectivity index (χ4v) is 1.11. The van der Waals surface area contributed by atoms with E-state index in [-0.39, 0.29) is 5.82 Å². The van der Waals surface area contributed by atoms with E-state index in [4.69, 9.17) is 7.85 Å². The first-order valence-electron chi connectivity index (χ1n) is 4.12. The molecular formula is C10H12BF. The average molecular weight is 162 g/mol. The molecule has 0 aliphatic rings. The first-order chi connectivity index (χ1) is 5.58. The summed E-state index contributed by atoms with van der Waals surface area (Å²) in [5.74, 6) is -0.218. The highest BCUT2D eigenvalue weighted by Gasteiger charge is 2.20. The van der Waals surface area contributed by atoms with Gasteiger partial charge in [-0.1, -0.05) is 38.5 Å². The van der Waals surface area contributed by atoms with Gasteiger partial charge < -0.3 is 0 Å². The highest BCUT2D eigenvalue weighted by atomic mass is 19.1. The fourth-order valence-electron chi connectivity index (χ4n) is 1.11. The molecule has 0 saturated carbocycles. The summed E-state index contributed by atoms with van der Waals surface area (Å²) in [7, 11) is 5.90. The van der Waals surface area contributed by atoms with E-state index in [1.54, 1.807) is 18.2 Å². The molecule has 2 heteroatoms. The van der Waals surface area contributed by atoms with Gasteiger partial charge in [-0.25, -0.2) is 4.39 Å². The predicted molar refractivity (Wildman–Crippen MR) is 49.8 cm³/mol. The minimum Gasteiger partial charge on any atom is -0.207 e. The second kappa shape index (κ2) is 3.30. The lowest BCUT2D eigenvalue weighted by Gasteiger charge is -2.24. The Balaban J connectivity index is 3.10. The fraction of sp³-hybridized carbons (Fsp3) is 0.400. The van der Waals surface area contributed by atoms with Gasteiger partial charge in [0.05, 0.1) is 7.85 Å². The number of halogens is 1. The van der Waals surface area contributed by atoms with Crippen LogP contribution in [0.25, 0.3) is 0 Å². The second-order valence-corrected chi connectivity index (χ2v) is 3.25. The summed E-state index contributed by atoms with van der Waals surface area (Å²) in [6, 6.07) is 6.65. The molecule has 0 heterocycles. The number of hydrogen-bond donors (Lipinski definition) is 0. The largest absolute Gasteiger partial charge is 0.207 e. The van der Waals surface area contributed by atoms with Gasteiger partial charge in [0.15, 0.2) is 0 Å². The molecule has 0 bridgehead atoms. The summed E-state index contributed by atoms with van der Waals surface area (Å²) in [4.78, 5) is 0. The molecular weight excluding hydrogens is 150 g/mol. The SMILES string of the molecule is [B]C(C)(CC)c1ccccc1F. The van der Waals surface area contributed by atoms with Crippen LogP contribution in [0.2, 0.25) is 0 Å². The lowest BCUT2D eigenvalue weighted by atomic mass is 9.64. The molecule has 0 spiro atoms. The third-order valence-electron chi connectivity index (χ3n) is 2.22. The van der Waals surface area contributed by atoms with Gasteiger partial charge in [-0.3, -0.25) is 0 Å². The minimum atomic E-state index is -0.550. The van der Waals surface area contributed by atoms with Crippen molar-refractivity contribution >= 4 is 7.85 Å². The molecule has 0 N–H and O–H groups in total. The zero-order valence-corrected chi connectivity index (χ0v) is 7.47. The molecule has 0 amide bonds. The Labute approximate surface area is 74.2 Å². The van der Waals surface area contributed by atoms with E-state index in [9.17, 15) is 4.39 Å². The van der Waals surface area contributed by atoms with Crippen LogP contribution in [0.1, 0.15) is 25.8 Å². The normalized spacial score (nSPS) is 15.6. The van der Waals surface area contributed by atoms with E-state index in [1.165, 1.54) is 6.07 Å². The number of hydrogen-bond acceptors (Lipinski definition) is 0. The van der Waals surface area contributed by atoms with Crippen LogP contribution in [0.5, 0.6) is 0 Å². The maximum Gasteiger partial charge on any atom is 0.126 e. The van der Waals surface area contributed by atoms with Crippen LogP contribution in [-0.2, 0) is 5.31 Å². The predicted octanol–water partition coefficient (Wildman–Crippen LogP) is 2.62. The number of benzene rings is 1. The molecule has 12 heavy (non-hydrogen) atoms. The molecule has 1 atom stereocenters. The van der Waals surface area contributed by atoms with Crippen molar-refractivity contribution in [2.75, 3.05) is 0 Å². The monoisotopic (exact) mass is 162 g/mol.